The van der Waals surface area contributed by atoms with E-state index in [2.05, 4.69) is 0 Å². The maximum absolute atomic E-state index is 14.2. The van der Waals surface area contributed by atoms with Crippen LogP contribution in [0.5, 0.6) is 17.2 Å². The van der Waals surface area contributed by atoms with Gasteiger partial charge in [-0.1, -0.05) is 12.1 Å². The molecule has 1 aliphatic carbocycles. The molecule has 11 nitrogen and oxygen atoms in total. The molecule has 1 unspecified atom stereocenters. The lowest BCUT2D eigenvalue weighted by Gasteiger charge is -2.45. The fourth-order valence-electron chi connectivity index (χ4n) is 6.56. The van der Waals surface area contributed by atoms with Crippen LogP contribution in [0.2, 0.25) is 0 Å². The summed E-state index contributed by atoms with van der Waals surface area (Å²) >= 11 is 0. The van der Waals surface area contributed by atoms with Crippen LogP contribution in [0, 0.1) is 0 Å². The van der Waals surface area contributed by atoms with Crippen molar-refractivity contribution in [3.8, 4) is 17.2 Å². The molecule has 1 saturated heterocycles. The largest absolute Gasteiger partial charge is 0.497 e. The first-order valence-electron chi connectivity index (χ1n) is 17.9. The highest BCUT2D eigenvalue weighted by Crippen LogP contribution is 2.33. The van der Waals surface area contributed by atoms with Gasteiger partial charge < -0.3 is 38.4 Å². The first-order valence-corrected chi connectivity index (χ1v) is 17.9. The van der Waals surface area contributed by atoms with E-state index in [1.807, 2.05) is 68.7 Å². The molecule has 3 amide bonds. The van der Waals surface area contributed by atoms with Gasteiger partial charge in [0.2, 0.25) is 5.91 Å². The molecule has 2 aromatic rings. The Morgan fingerprint density at radius 1 is 0.880 bits per heavy atom. The number of methoxy groups -OCH3 is 3. The summed E-state index contributed by atoms with van der Waals surface area (Å²) in [5, 5.41) is 0. The van der Waals surface area contributed by atoms with Gasteiger partial charge in [0.05, 0.1) is 33.3 Å². The second kappa shape index (κ2) is 17.8. The van der Waals surface area contributed by atoms with E-state index in [1.54, 1.807) is 44.4 Å². The monoisotopic (exact) mass is 695 g/mol. The first-order chi connectivity index (χ1) is 23.8. The topological polar surface area (TPSA) is 107 Å². The zero-order chi connectivity index (χ0) is 36.4. The number of nitrogens with zero attached hydrogens (tertiary/aromatic N) is 3. The third-order valence-electron chi connectivity index (χ3n) is 9.18. The van der Waals surface area contributed by atoms with Gasteiger partial charge in [-0.25, -0.2) is 4.79 Å². The average Bonchev–Trinajstić information content (AvgIpc) is 3.92. The predicted octanol–water partition coefficient (Wildman–Crippen LogP) is 6.36. The maximum Gasteiger partial charge on any atom is 0.410 e. The predicted molar refractivity (Wildman–Crippen MR) is 192 cm³/mol. The van der Waals surface area contributed by atoms with Gasteiger partial charge in [0, 0.05) is 56.9 Å². The van der Waals surface area contributed by atoms with Crippen molar-refractivity contribution in [2.24, 2.45) is 0 Å². The number of ether oxygens (including phenoxy) is 5. The summed E-state index contributed by atoms with van der Waals surface area (Å²) in [6.07, 6.45) is 4.64. The maximum atomic E-state index is 14.2. The van der Waals surface area contributed by atoms with E-state index in [-0.39, 0.29) is 36.0 Å². The van der Waals surface area contributed by atoms with Crippen LogP contribution in [-0.4, -0.2) is 110 Å². The van der Waals surface area contributed by atoms with Gasteiger partial charge in [-0.3, -0.25) is 9.59 Å². The van der Waals surface area contributed by atoms with Crippen molar-refractivity contribution < 1.29 is 38.1 Å². The highest BCUT2D eigenvalue weighted by molar-refractivity contribution is 5.95. The van der Waals surface area contributed by atoms with Crippen LogP contribution >= 0.6 is 0 Å². The van der Waals surface area contributed by atoms with Crippen LogP contribution in [0.15, 0.2) is 42.5 Å². The second-order valence-electron chi connectivity index (χ2n) is 14.5. The van der Waals surface area contributed by atoms with Gasteiger partial charge in [-0.05, 0) is 103 Å². The van der Waals surface area contributed by atoms with Crippen molar-refractivity contribution in [2.45, 2.75) is 109 Å². The molecule has 276 valence electrons. The number of carbonyl (C=O) groups excluding carboxylic acids is 3. The Morgan fingerprint density at radius 2 is 1.58 bits per heavy atom. The van der Waals surface area contributed by atoms with E-state index in [0.717, 1.165) is 24.2 Å². The number of likely N-dealkylation sites (tertiary alicyclic amines) is 1. The molecular weight excluding hydrogens is 638 g/mol. The molecule has 0 radical (unpaired) electrons. The number of amides is 3. The smallest absolute Gasteiger partial charge is 0.410 e. The molecule has 1 heterocycles. The molecule has 2 aliphatic rings. The third-order valence-corrected chi connectivity index (χ3v) is 9.18. The molecule has 50 heavy (non-hydrogen) atoms. The minimum Gasteiger partial charge on any atom is -0.497 e. The van der Waals surface area contributed by atoms with Crippen LogP contribution in [0.25, 0.3) is 0 Å². The molecule has 0 spiro atoms. The molecule has 0 aromatic heterocycles. The fraction of sp³-hybridized carbons (Fsp3) is 0.615. The Kier molecular flexibility index (Phi) is 13.8. The van der Waals surface area contributed by atoms with E-state index in [4.69, 9.17) is 23.7 Å². The zero-order valence-corrected chi connectivity index (χ0v) is 31.2. The Balaban J connectivity index is 1.50. The van der Waals surface area contributed by atoms with Crippen molar-refractivity contribution in [1.82, 2.24) is 14.7 Å². The number of carbonyl (C=O) groups is 3. The fourth-order valence-corrected chi connectivity index (χ4v) is 6.56. The Hall–Kier alpha value is -3.99. The van der Waals surface area contributed by atoms with Gasteiger partial charge in [0.1, 0.15) is 11.4 Å². The lowest BCUT2D eigenvalue weighted by Crippen LogP contribution is -2.58. The molecule has 1 saturated carbocycles. The van der Waals surface area contributed by atoms with Crippen molar-refractivity contribution in [1.29, 1.82) is 0 Å². The number of rotatable bonds is 16. The van der Waals surface area contributed by atoms with Crippen molar-refractivity contribution in [2.75, 3.05) is 47.6 Å². The molecule has 2 atom stereocenters. The van der Waals surface area contributed by atoms with Crippen LogP contribution in [0.1, 0.15) is 89.1 Å². The van der Waals surface area contributed by atoms with Crippen molar-refractivity contribution >= 4 is 17.9 Å². The number of hydrogen-bond acceptors (Lipinski definition) is 8. The summed E-state index contributed by atoms with van der Waals surface area (Å²) in [4.78, 5) is 47.1. The van der Waals surface area contributed by atoms with E-state index >= 15 is 0 Å². The zero-order valence-electron chi connectivity index (χ0n) is 31.2. The molecule has 2 fully saturated rings. The Morgan fingerprint density at radius 3 is 2.18 bits per heavy atom. The first kappa shape index (κ1) is 38.8. The average molecular weight is 696 g/mol. The van der Waals surface area contributed by atoms with E-state index in [1.165, 1.54) is 0 Å². The van der Waals surface area contributed by atoms with Gasteiger partial charge in [-0.2, -0.15) is 0 Å². The summed E-state index contributed by atoms with van der Waals surface area (Å²) in [7, 11) is 4.84. The normalized spacial score (nSPS) is 17.7. The van der Waals surface area contributed by atoms with E-state index < -0.39 is 11.7 Å². The quantitative estimate of drug-likeness (QED) is 0.187. The summed E-state index contributed by atoms with van der Waals surface area (Å²) < 4.78 is 27.8. The summed E-state index contributed by atoms with van der Waals surface area (Å²) in [5.74, 6) is 1.76. The van der Waals surface area contributed by atoms with Gasteiger partial charge in [0.15, 0.2) is 11.5 Å². The Bertz CT molecular complexity index is 1420. The Labute approximate surface area is 298 Å². The van der Waals surface area contributed by atoms with Gasteiger partial charge in [0.25, 0.3) is 5.91 Å². The lowest BCUT2D eigenvalue weighted by molar-refractivity contribution is -0.131. The van der Waals surface area contributed by atoms with Gasteiger partial charge in [-0.15, -0.1) is 0 Å². The summed E-state index contributed by atoms with van der Waals surface area (Å²) in [5.41, 5.74) is 0.749. The number of benzene rings is 2. The molecule has 0 N–H and O–H groups in total. The highest BCUT2D eigenvalue weighted by Gasteiger charge is 2.40. The molecule has 4 rings (SSSR count). The molecule has 11 heteroatoms. The van der Waals surface area contributed by atoms with Gasteiger partial charge >= 0.3 is 6.09 Å². The third kappa shape index (κ3) is 10.8. The summed E-state index contributed by atoms with van der Waals surface area (Å²) in [6, 6.07) is 12.6. The van der Waals surface area contributed by atoms with Crippen LogP contribution in [0.3, 0.4) is 0 Å². The second-order valence-corrected chi connectivity index (χ2v) is 14.5. The summed E-state index contributed by atoms with van der Waals surface area (Å²) in [6.45, 7) is 11.4. The molecule has 0 bridgehead atoms. The van der Waals surface area contributed by atoms with Crippen molar-refractivity contribution in [3.63, 3.8) is 0 Å². The van der Waals surface area contributed by atoms with Crippen LogP contribution in [0.4, 0.5) is 4.79 Å². The minimum absolute atomic E-state index is 0.0910. The number of piperidine rings is 1. The highest BCUT2D eigenvalue weighted by atomic mass is 16.6. The van der Waals surface area contributed by atoms with Crippen LogP contribution < -0.4 is 14.2 Å². The molecular formula is C39H57N3O8. The van der Waals surface area contributed by atoms with Crippen molar-refractivity contribution in [3.05, 3.63) is 53.6 Å². The number of hydrogen-bond donors (Lipinski definition) is 0. The molecule has 2 aromatic carbocycles. The van der Waals surface area contributed by atoms with E-state index in [0.29, 0.717) is 75.5 Å². The van der Waals surface area contributed by atoms with Crippen LogP contribution in [-0.2, 0) is 20.7 Å². The molecule has 1 aliphatic heterocycles. The standard InChI is InChI=1S/C39H57N3O8/c1-27(2)42(37(44)29-12-19-34(48-8)35(25-29)49-23-9-22-46-6)32-16-15-31(41(26-32)38(45)50-39(3,4)5)20-21-40(30-13-14-30)36(43)24-28-10-17-33(47-7)18-11-28/h10-12,17-19,25,27,30-32H,9,13-16,20-24,26H2,1-8H3/t31-,32?/m0/s1. The SMILES string of the molecule is COCCCOc1cc(C(=O)N(C(C)C)C2CC[C@@H](CCN(C(=O)Cc3ccc(OC)cc3)C3CC3)N(C(=O)OC(C)(C)C)C2)ccc1OC. The minimum atomic E-state index is -0.681. The van der Waals surface area contributed by atoms with E-state index in [9.17, 15) is 14.4 Å². The lowest BCUT2D eigenvalue weighted by atomic mass is 9.93.